The van der Waals surface area contributed by atoms with E-state index in [0.717, 1.165) is 70.5 Å². The molecule has 222 valence electrons. The van der Waals surface area contributed by atoms with Crippen LogP contribution in [-0.4, -0.2) is 93.2 Å². The molecule has 0 spiro atoms. The first-order chi connectivity index (χ1) is 19.5. The lowest BCUT2D eigenvalue weighted by Crippen LogP contribution is -2.44. The Morgan fingerprint density at radius 3 is 2.42 bits per heavy atom. The predicted octanol–water partition coefficient (Wildman–Crippen LogP) is 4.39. The van der Waals surface area contributed by atoms with Gasteiger partial charge in [-0.3, -0.25) is 14.5 Å². The van der Waals surface area contributed by atoms with Crippen molar-refractivity contribution in [2.45, 2.75) is 58.4 Å². The molecular formula is C31H47N3O6. The van der Waals surface area contributed by atoms with Crippen LogP contribution in [0, 0.1) is 0 Å². The molecule has 0 atom stereocenters. The lowest BCUT2D eigenvalue weighted by atomic mass is 10.1. The SMILES string of the molecule is CCCCCCC(=O)N(CCCN1CCOCC1)CC(=O)N(CCc1ccc(OC)c(OC)c1)Cc1ccco1. The molecule has 0 unspecified atom stereocenters. The predicted molar refractivity (Wildman–Crippen MR) is 155 cm³/mol. The molecular weight excluding hydrogens is 510 g/mol. The fourth-order valence-corrected chi connectivity index (χ4v) is 4.91. The standard InChI is InChI=1S/C31H47N3O6/c1-4-5-6-7-11-30(35)33(16-9-15-32-18-21-39-22-19-32)25-31(36)34(24-27-10-8-20-40-27)17-14-26-12-13-28(37-2)29(23-26)38-3/h8,10,12-13,20,23H,4-7,9,11,14-19,21-22,24-25H2,1-3H3. The summed E-state index contributed by atoms with van der Waals surface area (Å²) in [5.74, 6) is 2.02. The molecule has 2 aromatic rings. The Labute approximate surface area is 239 Å². The summed E-state index contributed by atoms with van der Waals surface area (Å²) in [6, 6.07) is 9.49. The minimum absolute atomic E-state index is 0.0595. The van der Waals surface area contributed by atoms with E-state index in [1.807, 2.05) is 30.3 Å². The Bertz CT molecular complexity index is 1010. The molecule has 1 aromatic carbocycles. The van der Waals surface area contributed by atoms with Crippen molar-refractivity contribution in [2.24, 2.45) is 0 Å². The Kier molecular flexibility index (Phi) is 13.9. The van der Waals surface area contributed by atoms with Crippen LogP contribution in [0.1, 0.15) is 56.8 Å². The van der Waals surface area contributed by atoms with Gasteiger partial charge in [0, 0.05) is 39.1 Å². The molecule has 40 heavy (non-hydrogen) atoms. The van der Waals surface area contributed by atoms with Crippen LogP contribution in [0.5, 0.6) is 11.5 Å². The maximum Gasteiger partial charge on any atom is 0.242 e. The number of furan rings is 1. The van der Waals surface area contributed by atoms with Gasteiger partial charge in [0.1, 0.15) is 5.76 Å². The fourth-order valence-electron chi connectivity index (χ4n) is 4.91. The van der Waals surface area contributed by atoms with E-state index in [1.165, 1.54) is 0 Å². The van der Waals surface area contributed by atoms with Crippen LogP contribution in [0.15, 0.2) is 41.0 Å². The second-order valence-electron chi connectivity index (χ2n) is 10.3. The normalized spacial score (nSPS) is 13.7. The number of carbonyl (C=O) groups excluding carboxylic acids is 2. The van der Waals surface area contributed by atoms with Gasteiger partial charge in [-0.1, -0.05) is 32.3 Å². The number of nitrogens with zero attached hydrogens (tertiary/aromatic N) is 3. The molecule has 2 heterocycles. The topological polar surface area (TPSA) is 84.7 Å². The summed E-state index contributed by atoms with van der Waals surface area (Å²) in [7, 11) is 3.22. The molecule has 1 aromatic heterocycles. The first-order valence-electron chi connectivity index (χ1n) is 14.6. The Balaban J connectivity index is 1.66. The number of amides is 2. The van der Waals surface area contributed by atoms with Crippen molar-refractivity contribution in [3.63, 3.8) is 0 Å². The van der Waals surface area contributed by atoms with E-state index in [0.29, 0.717) is 49.7 Å². The van der Waals surface area contributed by atoms with Crippen molar-refractivity contribution >= 4 is 11.8 Å². The van der Waals surface area contributed by atoms with Crippen molar-refractivity contribution < 1.29 is 28.2 Å². The van der Waals surface area contributed by atoms with Crippen LogP contribution in [0.3, 0.4) is 0 Å². The van der Waals surface area contributed by atoms with Gasteiger partial charge in [0.15, 0.2) is 11.5 Å². The molecule has 1 aliphatic heterocycles. The van der Waals surface area contributed by atoms with Gasteiger partial charge in [-0.2, -0.15) is 0 Å². The monoisotopic (exact) mass is 557 g/mol. The molecule has 0 radical (unpaired) electrons. The second kappa shape index (κ2) is 17.6. The van der Waals surface area contributed by atoms with E-state index in [-0.39, 0.29) is 18.4 Å². The number of ether oxygens (including phenoxy) is 3. The molecule has 0 saturated carbocycles. The summed E-state index contributed by atoms with van der Waals surface area (Å²) in [6.07, 6.45) is 7.70. The number of benzene rings is 1. The molecule has 0 N–H and O–H groups in total. The Morgan fingerprint density at radius 1 is 0.925 bits per heavy atom. The summed E-state index contributed by atoms with van der Waals surface area (Å²) in [6.45, 7) is 7.87. The maximum absolute atomic E-state index is 13.7. The quantitative estimate of drug-likeness (QED) is 0.251. The molecule has 9 heteroatoms. The van der Waals surface area contributed by atoms with E-state index < -0.39 is 0 Å². The summed E-state index contributed by atoms with van der Waals surface area (Å²) in [4.78, 5) is 32.9. The number of hydrogen-bond donors (Lipinski definition) is 0. The first-order valence-corrected chi connectivity index (χ1v) is 14.6. The third-order valence-corrected chi connectivity index (χ3v) is 7.33. The molecule has 1 saturated heterocycles. The zero-order valence-electron chi connectivity index (χ0n) is 24.6. The van der Waals surface area contributed by atoms with Gasteiger partial charge in [0.2, 0.25) is 11.8 Å². The minimum atomic E-state index is -0.0786. The third kappa shape index (κ3) is 10.5. The lowest BCUT2D eigenvalue weighted by molar-refractivity contribution is -0.141. The highest BCUT2D eigenvalue weighted by Crippen LogP contribution is 2.27. The molecule has 0 bridgehead atoms. The van der Waals surface area contributed by atoms with Crippen molar-refractivity contribution in [2.75, 3.05) is 66.7 Å². The number of unbranched alkanes of at least 4 members (excludes halogenated alkanes) is 3. The van der Waals surface area contributed by atoms with E-state index in [2.05, 4.69) is 11.8 Å². The van der Waals surface area contributed by atoms with Crippen LogP contribution >= 0.6 is 0 Å². The van der Waals surface area contributed by atoms with Gasteiger partial charge >= 0.3 is 0 Å². The Morgan fingerprint density at radius 2 is 1.73 bits per heavy atom. The van der Waals surface area contributed by atoms with Crippen LogP contribution in [-0.2, 0) is 27.3 Å². The van der Waals surface area contributed by atoms with Crippen LogP contribution in [0.25, 0.3) is 0 Å². The number of carbonyl (C=O) groups is 2. The van der Waals surface area contributed by atoms with Crippen molar-refractivity contribution in [1.29, 1.82) is 0 Å². The largest absolute Gasteiger partial charge is 0.493 e. The fraction of sp³-hybridized carbons (Fsp3) is 0.613. The van der Waals surface area contributed by atoms with Crippen molar-refractivity contribution in [3.05, 3.63) is 47.9 Å². The molecule has 1 fully saturated rings. The highest BCUT2D eigenvalue weighted by molar-refractivity contribution is 5.84. The highest BCUT2D eigenvalue weighted by atomic mass is 16.5. The Hall–Kier alpha value is -3.04. The van der Waals surface area contributed by atoms with Gasteiger partial charge < -0.3 is 28.4 Å². The van der Waals surface area contributed by atoms with Gasteiger partial charge in [-0.05, 0) is 49.1 Å². The second-order valence-corrected chi connectivity index (χ2v) is 10.3. The minimum Gasteiger partial charge on any atom is -0.493 e. The van der Waals surface area contributed by atoms with Crippen LogP contribution in [0.4, 0.5) is 0 Å². The zero-order valence-corrected chi connectivity index (χ0v) is 24.6. The zero-order chi connectivity index (χ0) is 28.6. The molecule has 3 rings (SSSR count). The average molecular weight is 558 g/mol. The summed E-state index contributed by atoms with van der Waals surface area (Å²) in [5, 5.41) is 0. The van der Waals surface area contributed by atoms with E-state index in [1.54, 1.807) is 30.3 Å². The van der Waals surface area contributed by atoms with Gasteiger partial charge in [0.25, 0.3) is 0 Å². The molecule has 1 aliphatic rings. The number of hydrogen-bond acceptors (Lipinski definition) is 7. The number of rotatable bonds is 18. The van der Waals surface area contributed by atoms with Crippen LogP contribution in [0.2, 0.25) is 0 Å². The smallest absolute Gasteiger partial charge is 0.242 e. The number of morpholine rings is 1. The third-order valence-electron chi connectivity index (χ3n) is 7.33. The van der Waals surface area contributed by atoms with Gasteiger partial charge in [-0.25, -0.2) is 0 Å². The average Bonchev–Trinajstić information content (AvgIpc) is 3.50. The van der Waals surface area contributed by atoms with E-state index >= 15 is 0 Å². The lowest BCUT2D eigenvalue weighted by Gasteiger charge is -2.30. The highest BCUT2D eigenvalue weighted by Gasteiger charge is 2.23. The van der Waals surface area contributed by atoms with Gasteiger partial charge in [-0.15, -0.1) is 0 Å². The maximum atomic E-state index is 13.7. The molecule has 0 aliphatic carbocycles. The first kappa shape index (κ1) is 31.5. The van der Waals surface area contributed by atoms with Crippen molar-refractivity contribution in [1.82, 2.24) is 14.7 Å². The summed E-state index contributed by atoms with van der Waals surface area (Å²) < 4.78 is 21.8. The van der Waals surface area contributed by atoms with Crippen molar-refractivity contribution in [3.8, 4) is 11.5 Å². The summed E-state index contributed by atoms with van der Waals surface area (Å²) in [5.41, 5.74) is 1.03. The van der Waals surface area contributed by atoms with E-state index in [9.17, 15) is 9.59 Å². The number of methoxy groups -OCH3 is 2. The summed E-state index contributed by atoms with van der Waals surface area (Å²) >= 11 is 0. The van der Waals surface area contributed by atoms with Gasteiger partial charge in [0.05, 0.1) is 46.8 Å². The van der Waals surface area contributed by atoms with Crippen LogP contribution < -0.4 is 9.47 Å². The molecule has 2 amide bonds. The molecule has 9 nitrogen and oxygen atoms in total. The van der Waals surface area contributed by atoms with E-state index in [4.69, 9.17) is 18.6 Å².